The van der Waals surface area contributed by atoms with Crippen LogP contribution in [0.25, 0.3) is 6.08 Å². The number of sulfonamides is 1. The number of amides is 1. The van der Waals surface area contributed by atoms with E-state index in [2.05, 4.69) is 16.1 Å². The Morgan fingerprint density at radius 3 is 2.56 bits per heavy atom. The number of benzene rings is 2. The van der Waals surface area contributed by atoms with Crippen LogP contribution in [0.3, 0.4) is 0 Å². The van der Waals surface area contributed by atoms with E-state index in [-0.39, 0.29) is 16.8 Å². The molecular formula is C21H24N2O3S. The van der Waals surface area contributed by atoms with Crippen molar-refractivity contribution in [2.24, 2.45) is 0 Å². The van der Waals surface area contributed by atoms with Gasteiger partial charge in [0.1, 0.15) is 0 Å². The van der Waals surface area contributed by atoms with Crippen LogP contribution in [0.15, 0.2) is 59.5 Å². The summed E-state index contributed by atoms with van der Waals surface area (Å²) in [4.78, 5) is 12.2. The van der Waals surface area contributed by atoms with Crippen molar-refractivity contribution in [1.82, 2.24) is 10.0 Å². The van der Waals surface area contributed by atoms with Gasteiger partial charge in [-0.25, -0.2) is 13.1 Å². The van der Waals surface area contributed by atoms with Crippen molar-refractivity contribution in [3.8, 4) is 0 Å². The highest BCUT2D eigenvalue weighted by molar-refractivity contribution is 7.89. The molecule has 0 radical (unpaired) electrons. The second-order valence-corrected chi connectivity index (χ2v) is 8.54. The first kappa shape index (κ1) is 19.3. The maximum Gasteiger partial charge on any atom is 0.244 e. The topological polar surface area (TPSA) is 75.3 Å². The summed E-state index contributed by atoms with van der Waals surface area (Å²) in [5.74, 6) is -0.172. The maximum absolute atomic E-state index is 12.1. The summed E-state index contributed by atoms with van der Waals surface area (Å²) in [6, 6.07) is 14.8. The van der Waals surface area contributed by atoms with Crippen LogP contribution in [0.2, 0.25) is 0 Å². The molecule has 0 bridgehead atoms. The predicted molar refractivity (Wildman–Crippen MR) is 107 cm³/mol. The number of carbonyl (C=O) groups excluding carboxylic acids is 1. The van der Waals surface area contributed by atoms with E-state index < -0.39 is 10.0 Å². The molecule has 5 nitrogen and oxygen atoms in total. The number of hydrogen-bond acceptors (Lipinski definition) is 3. The summed E-state index contributed by atoms with van der Waals surface area (Å²) in [5, 5.41) is 2.85. The van der Waals surface area contributed by atoms with E-state index in [1.165, 1.54) is 17.2 Å². The molecule has 142 valence electrons. The van der Waals surface area contributed by atoms with Crippen molar-refractivity contribution in [3.05, 3.63) is 71.3 Å². The van der Waals surface area contributed by atoms with Gasteiger partial charge in [-0.1, -0.05) is 42.0 Å². The zero-order valence-corrected chi connectivity index (χ0v) is 16.1. The SMILES string of the molecule is Cc1cccc(CCNC(=O)C=Cc2ccc(S(=O)(=O)NC3CC3)cc2)c1. The van der Waals surface area contributed by atoms with Gasteiger partial charge in [0.05, 0.1) is 4.90 Å². The summed E-state index contributed by atoms with van der Waals surface area (Å²) >= 11 is 0. The lowest BCUT2D eigenvalue weighted by Gasteiger charge is -2.05. The third kappa shape index (κ3) is 6.05. The minimum Gasteiger partial charge on any atom is -0.352 e. The van der Waals surface area contributed by atoms with Crippen LogP contribution in [0.5, 0.6) is 0 Å². The highest BCUT2D eigenvalue weighted by Crippen LogP contribution is 2.22. The van der Waals surface area contributed by atoms with E-state index in [0.717, 1.165) is 24.8 Å². The van der Waals surface area contributed by atoms with E-state index in [1.54, 1.807) is 30.3 Å². The molecular weight excluding hydrogens is 360 g/mol. The first-order chi connectivity index (χ1) is 12.9. The molecule has 1 saturated carbocycles. The number of rotatable bonds is 8. The Morgan fingerprint density at radius 2 is 1.89 bits per heavy atom. The van der Waals surface area contributed by atoms with Gasteiger partial charge >= 0.3 is 0 Å². The van der Waals surface area contributed by atoms with Crippen LogP contribution in [0, 0.1) is 6.92 Å². The van der Waals surface area contributed by atoms with Gasteiger partial charge in [0.25, 0.3) is 0 Å². The fourth-order valence-electron chi connectivity index (χ4n) is 2.68. The molecule has 0 saturated heterocycles. The van der Waals surface area contributed by atoms with Gasteiger partial charge in [-0.15, -0.1) is 0 Å². The zero-order chi connectivity index (χ0) is 19.3. The Hall–Kier alpha value is -2.44. The molecule has 1 aliphatic rings. The van der Waals surface area contributed by atoms with Gasteiger partial charge in [-0.3, -0.25) is 4.79 Å². The van der Waals surface area contributed by atoms with E-state index in [1.807, 2.05) is 25.1 Å². The molecule has 1 fully saturated rings. The number of aryl methyl sites for hydroxylation is 1. The van der Waals surface area contributed by atoms with Gasteiger partial charge in [0.15, 0.2) is 0 Å². The Labute approximate surface area is 160 Å². The highest BCUT2D eigenvalue weighted by atomic mass is 32.2. The van der Waals surface area contributed by atoms with Crippen molar-refractivity contribution in [2.75, 3.05) is 6.54 Å². The van der Waals surface area contributed by atoms with Crippen LogP contribution >= 0.6 is 0 Å². The quantitative estimate of drug-likeness (QED) is 0.687. The van der Waals surface area contributed by atoms with E-state index in [9.17, 15) is 13.2 Å². The first-order valence-corrected chi connectivity index (χ1v) is 10.5. The Morgan fingerprint density at radius 1 is 1.15 bits per heavy atom. The zero-order valence-electron chi connectivity index (χ0n) is 15.3. The molecule has 1 aliphatic carbocycles. The standard InChI is InChI=1S/C21H24N2O3S/c1-16-3-2-4-18(15-16)13-14-22-21(24)12-7-17-5-10-20(11-6-17)27(25,26)23-19-8-9-19/h2-7,10-12,15,19,23H,8-9,13-14H2,1H3,(H,22,24). The molecule has 1 amide bonds. The first-order valence-electron chi connectivity index (χ1n) is 9.06. The monoisotopic (exact) mass is 384 g/mol. The normalized spacial score (nSPS) is 14.4. The third-order valence-electron chi connectivity index (χ3n) is 4.31. The fourth-order valence-corrected chi connectivity index (χ4v) is 3.98. The molecule has 27 heavy (non-hydrogen) atoms. The second kappa shape index (κ2) is 8.50. The second-order valence-electron chi connectivity index (χ2n) is 6.83. The molecule has 0 aromatic heterocycles. The molecule has 2 aromatic carbocycles. The fraction of sp³-hybridized carbons (Fsp3) is 0.286. The predicted octanol–water partition coefficient (Wildman–Crippen LogP) is 2.81. The number of nitrogens with one attached hydrogen (secondary N) is 2. The molecule has 0 spiro atoms. The lowest BCUT2D eigenvalue weighted by molar-refractivity contribution is -0.116. The van der Waals surface area contributed by atoms with E-state index >= 15 is 0 Å². The minimum atomic E-state index is -3.44. The summed E-state index contributed by atoms with van der Waals surface area (Å²) in [5.41, 5.74) is 3.17. The third-order valence-corrected chi connectivity index (χ3v) is 5.85. The van der Waals surface area contributed by atoms with Crippen LogP contribution in [0.4, 0.5) is 0 Å². The number of hydrogen-bond donors (Lipinski definition) is 2. The Kier molecular flexibility index (Phi) is 6.08. The molecule has 6 heteroatoms. The summed E-state index contributed by atoms with van der Waals surface area (Å²) in [6.45, 7) is 2.61. The summed E-state index contributed by atoms with van der Waals surface area (Å²) < 4.78 is 26.9. The van der Waals surface area contributed by atoms with Crippen molar-refractivity contribution >= 4 is 22.0 Å². The molecule has 0 atom stereocenters. The maximum atomic E-state index is 12.1. The van der Waals surface area contributed by atoms with Crippen molar-refractivity contribution in [2.45, 2.75) is 37.1 Å². The summed E-state index contributed by atoms with van der Waals surface area (Å²) in [7, 11) is -3.44. The van der Waals surface area contributed by atoms with Gasteiger partial charge in [0.2, 0.25) is 15.9 Å². The largest absolute Gasteiger partial charge is 0.352 e. The van der Waals surface area contributed by atoms with Gasteiger partial charge in [-0.2, -0.15) is 0 Å². The van der Waals surface area contributed by atoms with E-state index in [4.69, 9.17) is 0 Å². The van der Waals surface area contributed by atoms with Crippen LogP contribution in [-0.2, 0) is 21.2 Å². The average molecular weight is 385 g/mol. The lowest BCUT2D eigenvalue weighted by Crippen LogP contribution is -2.25. The van der Waals surface area contributed by atoms with Crippen LogP contribution in [0.1, 0.15) is 29.5 Å². The summed E-state index contributed by atoms with van der Waals surface area (Å²) in [6.07, 6.45) is 5.72. The Bertz CT molecular complexity index is 930. The lowest BCUT2D eigenvalue weighted by atomic mass is 10.1. The number of carbonyl (C=O) groups is 1. The van der Waals surface area contributed by atoms with Crippen molar-refractivity contribution < 1.29 is 13.2 Å². The molecule has 0 aliphatic heterocycles. The van der Waals surface area contributed by atoms with Gasteiger partial charge < -0.3 is 5.32 Å². The minimum absolute atomic E-state index is 0.0815. The molecule has 3 rings (SSSR count). The highest BCUT2D eigenvalue weighted by Gasteiger charge is 2.27. The average Bonchev–Trinajstić information content (AvgIpc) is 3.44. The van der Waals surface area contributed by atoms with Gasteiger partial charge in [0, 0.05) is 18.7 Å². The molecule has 0 heterocycles. The van der Waals surface area contributed by atoms with Gasteiger partial charge in [-0.05, 0) is 55.5 Å². The van der Waals surface area contributed by atoms with E-state index in [0.29, 0.717) is 6.54 Å². The van der Waals surface area contributed by atoms with Crippen molar-refractivity contribution in [3.63, 3.8) is 0 Å². The Balaban J connectivity index is 1.49. The van der Waals surface area contributed by atoms with Crippen LogP contribution < -0.4 is 10.0 Å². The smallest absolute Gasteiger partial charge is 0.244 e. The van der Waals surface area contributed by atoms with Crippen LogP contribution in [-0.4, -0.2) is 26.9 Å². The molecule has 2 N–H and O–H groups in total. The molecule has 0 unspecified atom stereocenters. The van der Waals surface area contributed by atoms with Crippen molar-refractivity contribution in [1.29, 1.82) is 0 Å². The molecule has 2 aromatic rings.